The van der Waals surface area contributed by atoms with Crippen molar-refractivity contribution in [2.45, 2.75) is 64.9 Å². The molecule has 1 unspecified atom stereocenters. The number of unbranched alkanes of at least 4 members (excludes halogenated alkanes) is 5. The normalized spacial score (nSPS) is 13.0. The first kappa shape index (κ1) is 15.3. The molecule has 0 N–H and O–H groups in total. The van der Waals surface area contributed by atoms with Gasteiger partial charge >= 0.3 is 0 Å². The lowest BCUT2D eigenvalue weighted by Crippen LogP contribution is -2.12. The fourth-order valence-electron chi connectivity index (χ4n) is 1.55. The van der Waals surface area contributed by atoms with Gasteiger partial charge in [0.15, 0.2) is 0 Å². The Kier molecular flexibility index (Phi) is 12.6. The SMILES string of the molecule is CCCCCCCCSCC(CC)OC. The van der Waals surface area contributed by atoms with Crippen LogP contribution in [0.15, 0.2) is 0 Å². The van der Waals surface area contributed by atoms with E-state index < -0.39 is 0 Å². The highest BCUT2D eigenvalue weighted by molar-refractivity contribution is 7.99. The Hall–Kier alpha value is 0.310. The van der Waals surface area contributed by atoms with Crippen molar-refractivity contribution >= 4 is 11.8 Å². The van der Waals surface area contributed by atoms with E-state index in [0.717, 1.165) is 6.42 Å². The van der Waals surface area contributed by atoms with Gasteiger partial charge in [0.1, 0.15) is 0 Å². The molecule has 0 aromatic rings. The summed E-state index contributed by atoms with van der Waals surface area (Å²) < 4.78 is 5.34. The quantitative estimate of drug-likeness (QED) is 0.485. The Morgan fingerprint density at radius 3 is 2.27 bits per heavy atom. The van der Waals surface area contributed by atoms with Crippen molar-refractivity contribution < 1.29 is 4.74 Å². The maximum absolute atomic E-state index is 5.34. The predicted molar refractivity (Wildman–Crippen MR) is 71.8 cm³/mol. The van der Waals surface area contributed by atoms with E-state index in [0.29, 0.717) is 6.10 Å². The van der Waals surface area contributed by atoms with Crippen molar-refractivity contribution in [3.05, 3.63) is 0 Å². The van der Waals surface area contributed by atoms with E-state index >= 15 is 0 Å². The molecule has 92 valence electrons. The van der Waals surface area contributed by atoms with Gasteiger partial charge in [-0.25, -0.2) is 0 Å². The van der Waals surface area contributed by atoms with Crippen LogP contribution in [0.3, 0.4) is 0 Å². The maximum Gasteiger partial charge on any atom is 0.0659 e. The van der Waals surface area contributed by atoms with Crippen LogP contribution in [-0.2, 0) is 4.74 Å². The maximum atomic E-state index is 5.34. The summed E-state index contributed by atoms with van der Waals surface area (Å²) in [6, 6.07) is 0. The minimum atomic E-state index is 0.468. The zero-order chi connectivity index (χ0) is 11.4. The molecule has 0 aliphatic carbocycles. The average molecular weight is 232 g/mol. The fraction of sp³-hybridized carbons (Fsp3) is 1.00. The molecule has 0 amide bonds. The molecule has 0 radical (unpaired) electrons. The third-order valence-corrected chi connectivity index (χ3v) is 3.92. The van der Waals surface area contributed by atoms with E-state index in [1.165, 1.54) is 50.0 Å². The smallest absolute Gasteiger partial charge is 0.0659 e. The lowest BCUT2D eigenvalue weighted by Gasteiger charge is -2.11. The van der Waals surface area contributed by atoms with Crippen molar-refractivity contribution in [1.29, 1.82) is 0 Å². The summed E-state index contributed by atoms with van der Waals surface area (Å²) >= 11 is 2.05. The minimum Gasteiger partial charge on any atom is -0.381 e. The first-order valence-electron chi connectivity index (χ1n) is 6.45. The van der Waals surface area contributed by atoms with Crippen LogP contribution < -0.4 is 0 Å². The molecule has 1 atom stereocenters. The van der Waals surface area contributed by atoms with Crippen molar-refractivity contribution in [3.63, 3.8) is 0 Å². The molecule has 0 bridgehead atoms. The van der Waals surface area contributed by atoms with E-state index in [9.17, 15) is 0 Å². The van der Waals surface area contributed by atoms with Gasteiger partial charge in [-0.05, 0) is 18.6 Å². The predicted octanol–water partition coefficient (Wildman–Crippen LogP) is 4.51. The highest BCUT2D eigenvalue weighted by Gasteiger charge is 2.02. The highest BCUT2D eigenvalue weighted by Crippen LogP contribution is 2.12. The van der Waals surface area contributed by atoms with Gasteiger partial charge in [-0.2, -0.15) is 11.8 Å². The second-order valence-electron chi connectivity index (χ2n) is 4.11. The Balaban J connectivity index is 3.04. The lowest BCUT2D eigenvalue weighted by molar-refractivity contribution is 0.119. The molecule has 0 aromatic heterocycles. The monoisotopic (exact) mass is 232 g/mol. The molecule has 1 nitrogen and oxygen atoms in total. The Morgan fingerprint density at radius 2 is 1.67 bits per heavy atom. The summed E-state index contributed by atoms with van der Waals surface area (Å²) in [4.78, 5) is 0. The molecule has 0 fully saturated rings. The van der Waals surface area contributed by atoms with Crippen LogP contribution in [0.1, 0.15) is 58.8 Å². The standard InChI is InChI=1S/C13H28OS/c1-4-6-7-8-9-10-11-15-12-13(5-2)14-3/h13H,4-12H2,1-3H3. The molecule has 0 aliphatic heterocycles. The van der Waals surface area contributed by atoms with E-state index in [-0.39, 0.29) is 0 Å². The first-order chi connectivity index (χ1) is 7.35. The van der Waals surface area contributed by atoms with E-state index in [2.05, 4.69) is 13.8 Å². The van der Waals surface area contributed by atoms with Crippen LogP contribution in [0.2, 0.25) is 0 Å². The first-order valence-corrected chi connectivity index (χ1v) is 7.61. The zero-order valence-corrected chi connectivity index (χ0v) is 11.6. The fourth-order valence-corrected chi connectivity index (χ4v) is 2.76. The van der Waals surface area contributed by atoms with Crippen molar-refractivity contribution in [3.8, 4) is 0 Å². The summed E-state index contributed by atoms with van der Waals surface area (Å²) in [5.41, 5.74) is 0. The molecule has 0 aliphatic rings. The van der Waals surface area contributed by atoms with Gasteiger partial charge in [0.05, 0.1) is 6.10 Å². The summed E-state index contributed by atoms with van der Waals surface area (Å²) in [6.45, 7) is 4.46. The number of thioether (sulfide) groups is 1. The van der Waals surface area contributed by atoms with E-state index in [1.807, 2.05) is 18.9 Å². The van der Waals surface area contributed by atoms with Crippen molar-refractivity contribution in [2.24, 2.45) is 0 Å². The summed E-state index contributed by atoms with van der Waals surface area (Å²) in [5, 5.41) is 0. The number of methoxy groups -OCH3 is 1. The zero-order valence-electron chi connectivity index (χ0n) is 10.8. The topological polar surface area (TPSA) is 9.23 Å². The number of rotatable bonds is 11. The highest BCUT2D eigenvalue weighted by atomic mass is 32.2. The van der Waals surface area contributed by atoms with E-state index in [1.54, 1.807) is 0 Å². The van der Waals surface area contributed by atoms with Crippen molar-refractivity contribution in [2.75, 3.05) is 18.6 Å². The average Bonchev–Trinajstić information content (AvgIpc) is 2.27. The van der Waals surface area contributed by atoms with Gasteiger partial charge < -0.3 is 4.74 Å². The number of hydrogen-bond acceptors (Lipinski definition) is 2. The molecule has 15 heavy (non-hydrogen) atoms. The summed E-state index contributed by atoms with van der Waals surface area (Å²) in [6.07, 6.45) is 10.0. The molecule has 2 heteroatoms. The van der Waals surface area contributed by atoms with Gasteiger partial charge in [0.25, 0.3) is 0 Å². The van der Waals surface area contributed by atoms with Crippen LogP contribution in [0.5, 0.6) is 0 Å². The molecule has 0 rings (SSSR count). The van der Waals surface area contributed by atoms with Crippen LogP contribution >= 0.6 is 11.8 Å². The second kappa shape index (κ2) is 12.4. The Labute approximate surface area is 100 Å². The number of ether oxygens (including phenoxy) is 1. The summed E-state index contributed by atoms with van der Waals surface area (Å²) in [5.74, 6) is 2.48. The molecule has 0 spiro atoms. The molecular weight excluding hydrogens is 204 g/mol. The molecular formula is C13H28OS. The van der Waals surface area contributed by atoms with Gasteiger partial charge in [0, 0.05) is 12.9 Å². The summed E-state index contributed by atoms with van der Waals surface area (Å²) in [7, 11) is 1.82. The van der Waals surface area contributed by atoms with Crippen LogP contribution in [0.4, 0.5) is 0 Å². The van der Waals surface area contributed by atoms with Gasteiger partial charge in [-0.15, -0.1) is 0 Å². The number of hydrogen-bond donors (Lipinski definition) is 0. The Morgan fingerprint density at radius 1 is 1.00 bits per heavy atom. The molecule has 0 saturated heterocycles. The third-order valence-electron chi connectivity index (χ3n) is 2.73. The van der Waals surface area contributed by atoms with Crippen LogP contribution in [0.25, 0.3) is 0 Å². The van der Waals surface area contributed by atoms with E-state index in [4.69, 9.17) is 4.74 Å². The largest absolute Gasteiger partial charge is 0.381 e. The van der Waals surface area contributed by atoms with Crippen LogP contribution in [0, 0.1) is 0 Å². The van der Waals surface area contributed by atoms with Crippen LogP contribution in [-0.4, -0.2) is 24.7 Å². The molecule has 0 aromatic carbocycles. The van der Waals surface area contributed by atoms with Crippen molar-refractivity contribution in [1.82, 2.24) is 0 Å². The van der Waals surface area contributed by atoms with Gasteiger partial charge in [-0.3, -0.25) is 0 Å². The second-order valence-corrected chi connectivity index (χ2v) is 5.26. The van der Waals surface area contributed by atoms with Gasteiger partial charge in [-0.1, -0.05) is 46.0 Å². The molecule has 0 saturated carbocycles. The minimum absolute atomic E-state index is 0.468. The lowest BCUT2D eigenvalue weighted by atomic mass is 10.1. The third kappa shape index (κ3) is 10.6. The Bertz CT molecular complexity index is 113. The van der Waals surface area contributed by atoms with Gasteiger partial charge in [0.2, 0.25) is 0 Å². The molecule has 0 heterocycles.